The number of nitrogens with one attached hydrogen (secondary N) is 3. The summed E-state index contributed by atoms with van der Waals surface area (Å²) >= 11 is 0. The van der Waals surface area contributed by atoms with Crippen LogP contribution in [-0.4, -0.2) is 54.1 Å². The average Bonchev–Trinajstić information content (AvgIpc) is 3.18. The number of likely N-dealkylation sites (N-methyl/N-ethyl adjacent to an activating group) is 1. The van der Waals surface area contributed by atoms with E-state index in [1.807, 2.05) is 20.9 Å². The Morgan fingerprint density at radius 1 is 0.793 bits per heavy atom. The Balaban J connectivity index is 1.91. The Hall–Kier alpha value is -1.11. The molecule has 0 aliphatic heterocycles. The van der Waals surface area contributed by atoms with Gasteiger partial charge in [0, 0.05) is 25.9 Å². The van der Waals surface area contributed by atoms with E-state index in [1.54, 1.807) is 6.92 Å². The minimum absolute atomic E-state index is 0.0688. The lowest BCUT2D eigenvalue weighted by atomic mass is 9.77. The van der Waals surface area contributed by atoms with E-state index in [2.05, 4.69) is 16.0 Å². The van der Waals surface area contributed by atoms with Crippen molar-refractivity contribution in [2.24, 2.45) is 0 Å². The molecule has 0 amide bonds. The Labute approximate surface area is 176 Å². The molecule has 0 atom stereocenters. The average molecular weight is 408 g/mol. The summed E-state index contributed by atoms with van der Waals surface area (Å²) in [4.78, 5) is 37.6. The number of Topliss-reactive ketones (excluding diaryl/α,β-unsaturated/α-hetero) is 3. The maximum absolute atomic E-state index is 13.1. The van der Waals surface area contributed by atoms with Crippen molar-refractivity contribution in [1.29, 1.82) is 0 Å². The van der Waals surface area contributed by atoms with Crippen LogP contribution in [0.1, 0.15) is 91.4 Å². The summed E-state index contributed by atoms with van der Waals surface area (Å²) in [5, 5.41) is 9.99. The molecule has 0 spiro atoms. The molecule has 0 aromatic carbocycles. The number of hydrogen-bond donors (Lipinski definition) is 3. The molecular formula is C23H41N3O3. The summed E-state index contributed by atoms with van der Waals surface area (Å²) in [6.07, 6.45) is 9.84. The van der Waals surface area contributed by atoms with Gasteiger partial charge >= 0.3 is 0 Å². The van der Waals surface area contributed by atoms with E-state index >= 15 is 0 Å². The van der Waals surface area contributed by atoms with Gasteiger partial charge in [-0.05, 0) is 53.5 Å². The molecule has 0 aromatic rings. The lowest BCUT2D eigenvalue weighted by molar-refractivity contribution is -0.128. The van der Waals surface area contributed by atoms with Gasteiger partial charge in [-0.3, -0.25) is 14.4 Å². The molecule has 6 heteroatoms. The quantitative estimate of drug-likeness (QED) is 0.461. The van der Waals surface area contributed by atoms with Crippen molar-refractivity contribution in [3.8, 4) is 0 Å². The van der Waals surface area contributed by atoms with Crippen molar-refractivity contribution in [1.82, 2.24) is 16.0 Å². The Bertz CT molecular complexity index is 588. The fourth-order valence-electron chi connectivity index (χ4n) is 4.86. The second-order valence-electron chi connectivity index (χ2n) is 9.56. The summed E-state index contributed by atoms with van der Waals surface area (Å²) < 4.78 is 0. The molecule has 3 N–H and O–H groups in total. The van der Waals surface area contributed by atoms with Crippen LogP contribution in [-0.2, 0) is 14.4 Å². The molecule has 0 radical (unpaired) electrons. The van der Waals surface area contributed by atoms with E-state index in [4.69, 9.17) is 0 Å². The van der Waals surface area contributed by atoms with E-state index in [9.17, 15) is 14.4 Å². The van der Waals surface area contributed by atoms with Gasteiger partial charge in [-0.1, -0.05) is 32.1 Å². The predicted molar refractivity (Wildman–Crippen MR) is 116 cm³/mol. The molecule has 2 aliphatic carbocycles. The Morgan fingerprint density at radius 3 is 1.83 bits per heavy atom. The molecule has 0 unspecified atom stereocenters. The minimum atomic E-state index is -0.609. The molecule has 2 fully saturated rings. The van der Waals surface area contributed by atoms with Gasteiger partial charge in [0.1, 0.15) is 5.78 Å². The predicted octanol–water partition coefficient (Wildman–Crippen LogP) is 2.69. The summed E-state index contributed by atoms with van der Waals surface area (Å²) in [6, 6.07) is 0. The highest BCUT2D eigenvalue weighted by atomic mass is 16.1. The molecule has 6 nitrogen and oxygen atoms in total. The van der Waals surface area contributed by atoms with Crippen LogP contribution in [0.2, 0.25) is 0 Å². The number of carbonyl (C=O) groups excluding carboxylic acids is 3. The highest BCUT2D eigenvalue weighted by Crippen LogP contribution is 2.32. The Kier molecular flexibility index (Phi) is 8.56. The zero-order valence-corrected chi connectivity index (χ0v) is 18.9. The van der Waals surface area contributed by atoms with Crippen LogP contribution < -0.4 is 16.0 Å². The van der Waals surface area contributed by atoms with Crippen LogP contribution in [0.5, 0.6) is 0 Å². The summed E-state index contributed by atoms with van der Waals surface area (Å²) in [7, 11) is 1.89. The number of ketones is 3. The largest absolute Gasteiger partial charge is 0.308 e. The highest BCUT2D eigenvalue weighted by Gasteiger charge is 2.41. The molecule has 2 rings (SSSR count). The third kappa shape index (κ3) is 5.96. The van der Waals surface area contributed by atoms with Gasteiger partial charge in [0.05, 0.1) is 16.6 Å². The standard InChI is InChI=1S/C23H41N3O3/c1-18(27)21(2,3)25-16-10-20(29)23(14-6-5-7-15-23)26-17-11-19(28)22(24-4)12-8-9-13-22/h24-26H,5-17H2,1-4H3. The maximum Gasteiger partial charge on any atom is 0.154 e. The van der Waals surface area contributed by atoms with Crippen molar-refractivity contribution < 1.29 is 14.4 Å². The van der Waals surface area contributed by atoms with Crippen molar-refractivity contribution in [2.45, 2.75) is 108 Å². The van der Waals surface area contributed by atoms with Crippen molar-refractivity contribution in [3.05, 3.63) is 0 Å². The molecule has 0 aromatic heterocycles. The molecule has 0 bridgehead atoms. The van der Waals surface area contributed by atoms with Crippen LogP contribution in [0, 0.1) is 0 Å². The van der Waals surface area contributed by atoms with Gasteiger partial charge in [0.25, 0.3) is 0 Å². The molecule has 29 heavy (non-hydrogen) atoms. The second kappa shape index (κ2) is 10.3. The second-order valence-corrected chi connectivity index (χ2v) is 9.56. The first-order chi connectivity index (χ1) is 13.7. The monoisotopic (exact) mass is 407 g/mol. The highest BCUT2D eigenvalue weighted by molar-refractivity contribution is 5.90. The van der Waals surface area contributed by atoms with Gasteiger partial charge in [0.2, 0.25) is 0 Å². The number of hydrogen-bond acceptors (Lipinski definition) is 6. The van der Waals surface area contributed by atoms with Gasteiger partial charge < -0.3 is 16.0 Å². The number of carbonyl (C=O) groups is 3. The molecule has 2 aliphatic rings. The molecule has 0 saturated heterocycles. The van der Waals surface area contributed by atoms with Gasteiger partial charge in [0.15, 0.2) is 11.6 Å². The van der Waals surface area contributed by atoms with Crippen LogP contribution in [0.25, 0.3) is 0 Å². The third-order valence-corrected chi connectivity index (χ3v) is 7.32. The molecule has 0 heterocycles. The van der Waals surface area contributed by atoms with E-state index in [0.29, 0.717) is 25.9 Å². The van der Waals surface area contributed by atoms with E-state index in [0.717, 1.165) is 57.8 Å². The summed E-state index contributed by atoms with van der Waals surface area (Å²) in [5.74, 6) is 0.549. The first kappa shape index (κ1) is 24.2. The van der Waals surface area contributed by atoms with Crippen LogP contribution in [0.4, 0.5) is 0 Å². The number of rotatable bonds is 12. The van der Waals surface area contributed by atoms with E-state index in [-0.39, 0.29) is 22.9 Å². The maximum atomic E-state index is 13.1. The molecule has 2 saturated carbocycles. The van der Waals surface area contributed by atoms with Crippen molar-refractivity contribution >= 4 is 17.3 Å². The zero-order valence-electron chi connectivity index (χ0n) is 18.9. The zero-order chi connectivity index (χ0) is 21.5. The van der Waals surface area contributed by atoms with Gasteiger partial charge in [-0.25, -0.2) is 0 Å². The summed E-state index contributed by atoms with van der Waals surface area (Å²) in [5.41, 5.74) is -1.47. The van der Waals surface area contributed by atoms with E-state index in [1.165, 1.54) is 0 Å². The van der Waals surface area contributed by atoms with Gasteiger partial charge in [-0.15, -0.1) is 0 Å². The molecular weight excluding hydrogens is 366 g/mol. The third-order valence-electron chi connectivity index (χ3n) is 7.32. The smallest absolute Gasteiger partial charge is 0.154 e. The SMILES string of the molecule is CNC1(C(=O)CCNC2(C(=O)CCNC(C)(C)C(C)=O)CCCCC2)CCCC1. The van der Waals surface area contributed by atoms with E-state index < -0.39 is 11.1 Å². The minimum Gasteiger partial charge on any atom is -0.308 e. The molecule has 166 valence electrons. The summed E-state index contributed by atoms with van der Waals surface area (Å²) in [6.45, 7) is 6.32. The lowest BCUT2D eigenvalue weighted by Gasteiger charge is -2.38. The van der Waals surface area contributed by atoms with Crippen LogP contribution in [0.15, 0.2) is 0 Å². The first-order valence-electron chi connectivity index (χ1n) is 11.4. The fraction of sp³-hybridized carbons (Fsp3) is 0.870. The Morgan fingerprint density at radius 2 is 1.28 bits per heavy atom. The van der Waals surface area contributed by atoms with Crippen molar-refractivity contribution in [3.63, 3.8) is 0 Å². The van der Waals surface area contributed by atoms with Crippen molar-refractivity contribution in [2.75, 3.05) is 20.1 Å². The lowest BCUT2D eigenvalue weighted by Crippen LogP contribution is -2.56. The normalized spacial score (nSPS) is 21.1. The fourth-order valence-corrected chi connectivity index (χ4v) is 4.86. The van der Waals surface area contributed by atoms with Gasteiger partial charge in [-0.2, -0.15) is 0 Å². The first-order valence-corrected chi connectivity index (χ1v) is 11.4. The van der Waals surface area contributed by atoms with Crippen LogP contribution >= 0.6 is 0 Å². The topological polar surface area (TPSA) is 87.3 Å². The van der Waals surface area contributed by atoms with Crippen LogP contribution in [0.3, 0.4) is 0 Å².